The van der Waals surface area contributed by atoms with Crippen molar-refractivity contribution in [1.82, 2.24) is 9.97 Å². The van der Waals surface area contributed by atoms with Gasteiger partial charge in [0.25, 0.3) is 0 Å². The van der Waals surface area contributed by atoms with Crippen molar-refractivity contribution >= 4 is 11.6 Å². The van der Waals surface area contributed by atoms with E-state index in [1.807, 2.05) is 0 Å². The molecule has 0 radical (unpaired) electrons. The average Bonchev–Trinajstić information content (AvgIpc) is 2.11. The Kier molecular flexibility index (Phi) is 3.56. The molecule has 1 heterocycles. The topological polar surface area (TPSA) is 55.0 Å². The van der Waals surface area contributed by atoms with Crippen molar-refractivity contribution in [3.63, 3.8) is 0 Å². The molecule has 7 heteroatoms. The Bertz CT molecular complexity index is 344. The number of anilines is 2. The first-order valence-corrected chi connectivity index (χ1v) is 4.67. The largest absolute Gasteiger partial charge is 0.390 e. The van der Waals surface area contributed by atoms with Crippen LogP contribution in [0.15, 0.2) is 6.07 Å². The number of nitrogen functional groups attached to an aromatic ring is 1. The summed E-state index contributed by atoms with van der Waals surface area (Å²) in [6.45, 7) is 1.48. The van der Waals surface area contributed by atoms with E-state index in [9.17, 15) is 13.2 Å². The molecule has 90 valence electrons. The lowest BCUT2D eigenvalue weighted by Gasteiger charge is -2.19. The van der Waals surface area contributed by atoms with Gasteiger partial charge in [-0.1, -0.05) is 0 Å². The zero-order chi connectivity index (χ0) is 12.3. The van der Waals surface area contributed by atoms with Crippen molar-refractivity contribution in [3.8, 4) is 0 Å². The van der Waals surface area contributed by atoms with Crippen molar-refractivity contribution in [1.29, 1.82) is 0 Å². The molecule has 0 saturated carbocycles. The smallest absolute Gasteiger partial charge is 0.384 e. The van der Waals surface area contributed by atoms with Gasteiger partial charge < -0.3 is 10.6 Å². The van der Waals surface area contributed by atoms with Crippen molar-refractivity contribution in [2.24, 2.45) is 0 Å². The molecule has 0 atom stereocenters. The van der Waals surface area contributed by atoms with Crippen LogP contribution in [0, 0.1) is 6.92 Å². The van der Waals surface area contributed by atoms with Crippen molar-refractivity contribution in [2.75, 3.05) is 24.2 Å². The van der Waals surface area contributed by atoms with Crippen LogP contribution in [0.25, 0.3) is 0 Å². The SMILES string of the molecule is Cc1nc(N)cc(N(C)CCC(F)(F)F)n1. The number of rotatable bonds is 3. The fourth-order valence-electron chi connectivity index (χ4n) is 1.18. The predicted molar refractivity (Wildman–Crippen MR) is 55.1 cm³/mol. The third-order valence-corrected chi connectivity index (χ3v) is 1.97. The summed E-state index contributed by atoms with van der Waals surface area (Å²) in [7, 11) is 1.53. The minimum atomic E-state index is -4.16. The zero-order valence-electron chi connectivity index (χ0n) is 9.04. The van der Waals surface area contributed by atoms with Gasteiger partial charge in [0, 0.05) is 19.7 Å². The summed E-state index contributed by atoms with van der Waals surface area (Å²) in [5.74, 6) is 1.09. The first-order valence-electron chi connectivity index (χ1n) is 4.67. The Morgan fingerprint density at radius 3 is 2.50 bits per heavy atom. The molecule has 0 amide bonds. The van der Waals surface area contributed by atoms with E-state index in [1.165, 1.54) is 18.0 Å². The number of hydrogen-bond acceptors (Lipinski definition) is 4. The molecule has 0 saturated heterocycles. The lowest BCUT2D eigenvalue weighted by Crippen LogP contribution is -2.25. The van der Waals surface area contributed by atoms with Gasteiger partial charge in [-0.3, -0.25) is 0 Å². The summed E-state index contributed by atoms with van der Waals surface area (Å²) in [6, 6.07) is 1.45. The Morgan fingerprint density at radius 1 is 1.38 bits per heavy atom. The number of aryl methyl sites for hydroxylation is 1. The monoisotopic (exact) mass is 234 g/mol. The van der Waals surface area contributed by atoms with E-state index in [2.05, 4.69) is 9.97 Å². The second kappa shape index (κ2) is 4.54. The summed E-state index contributed by atoms with van der Waals surface area (Å²) >= 11 is 0. The van der Waals surface area contributed by atoms with Crippen LogP contribution in [0.3, 0.4) is 0 Å². The molecule has 1 aromatic heterocycles. The van der Waals surface area contributed by atoms with Crippen LogP contribution in [0.5, 0.6) is 0 Å². The van der Waals surface area contributed by atoms with Crippen LogP contribution in [-0.2, 0) is 0 Å². The van der Waals surface area contributed by atoms with Gasteiger partial charge in [-0.2, -0.15) is 13.2 Å². The van der Waals surface area contributed by atoms with E-state index in [0.29, 0.717) is 11.6 Å². The average molecular weight is 234 g/mol. The van der Waals surface area contributed by atoms with Crippen LogP contribution in [0.2, 0.25) is 0 Å². The number of nitrogens with two attached hydrogens (primary N) is 1. The Morgan fingerprint density at radius 2 is 2.00 bits per heavy atom. The summed E-state index contributed by atoms with van der Waals surface area (Å²) in [5, 5.41) is 0. The normalized spacial score (nSPS) is 11.6. The van der Waals surface area contributed by atoms with Gasteiger partial charge in [-0.05, 0) is 6.92 Å². The molecule has 4 nitrogen and oxygen atoms in total. The molecule has 0 spiro atoms. The summed E-state index contributed by atoms with van der Waals surface area (Å²) < 4.78 is 36.0. The molecule has 16 heavy (non-hydrogen) atoms. The highest BCUT2D eigenvalue weighted by atomic mass is 19.4. The second-order valence-corrected chi connectivity index (χ2v) is 3.48. The molecule has 1 aromatic rings. The van der Waals surface area contributed by atoms with Gasteiger partial charge in [0.2, 0.25) is 0 Å². The van der Waals surface area contributed by atoms with Crippen LogP contribution >= 0.6 is 0 Å². The van der Waals surface area contributed by atoms with Crippen molar-refractivity contribution in [3.05, 3.63) is 11.9 Å². The maximum absolute atomic E-state index is 12.0. The van der Waals surface area contributed by atoms with Crippen LogP contribution < -0.4 is 10.6 Å². The predicted octanol–water partition coefficient (Wildman–Crippen LogP) is 1.76. The highest BCUT2D eigenvalue weighted by Crippen LogP contribution is 2.21. The van der Waals surface area contributed by atoms with Crippen LogP contribution in [0.1, 0.15) is 12.2 Å². The van der Waals surface area contributed by atoms with E-state index in [-0.39, 0.29) is 12.4 Å². The molecule has 0 unspecified atom stereocenters. The van der Waals surface area contributed by atoms with E-state index < -0.39 is 12.6 Å². The summed E-state index contributed by atoms with van der Waals surface area (Å²) in [5.41, 5.74) is 5.48. The van der Waals surface area contributed by atoms with Gasteiger partial charge in [0.1, 0.15) is 17.5 Å². The second-order valence-electron chi connectivity index (χ2n) is 3.48. The number of aromatic nitrogens is 2. The van der Waals surface area contributed by atoms with E-state index in [0.717, 1.165) is 0 Å². The minimum absolute atomic E-state index is 0.153. The molecular weight excluding hydrogens is 221 g/mol. The fourth-order valence-corrected chi connectivity index (χ4v) is 1.18. The minimum Gasteiger partial charge on any atom is -0.384 e. The van der Waals surface area contributed by atoms with E-state index in [1.54, 1.807) is 6.92 Å². The van der Waals surface area contributed by atoms with Crippen LogP contribution in [-0.4, -0.2) is 29.7 Å². The number of alkyl halides is 3. The molecule has 0 fully saturated rings. The Labute approximate surface area is 91.3 Å². The highest BCUT2D eigenvalue weighted by Gasteiger charge is 2.27. The molecular formula is C9H13F3N4. The van der Waals surface area contributed by atoms with Gasteiger partial charge in [0.15, 0.2) is 0 Å². The molecule has 0 aliphatic heterocycles. The summed E-state index contributed by atoms with van der Waals surface area (Å²) in [4.78, 5) is 9.25. The highest BCUT2D eigenvalue weighted by molar-refractivity contribution is 5.46. The maximum Gasteiger partial charge on any atom is 0.390 e. The number of halogens is 3. The molecule has 0 bridgehead atoms. The summed E-state index contributed by atoms with van der Waals surface area (Å²) in [6.07, 6.45) is -5.05. The quantitative estimate of drug-likeness (QED) is 0.865. The maximum atomic E-state index is 12.0. The van der Waals surface area contributed by atoms with Gasteiger partial charge >= 0.3 is 6.18 Å². The first kappa shape index (κ1) is 12.5. The van der Waals surface area contributed by atoms with Crippen molar-refractivity contribution in [2.45, 2.75) is 19.5 Å². The van der Waals surface area contributed by atoms with E-state index in [4.69, 9.17) is 5.73 Å². The Balaban J connectivity index is 2.69. The van der Waals surface area contributed by atoms with E-state index >= 15 is 0 Å². The number of nitrogens with zero attached hydrogens (tertiary/aromatic N) is 3. The standard InChI is InChI=1S/C9H13F3N4/c1-6-14-7(13)5-8(15-6)16(2)4-3-9(10,11)12/h5H,3-4H2,1-2H3,(H2,13,14,15). The van der Waals surface area contributed by atoms with Gasteiger partial charge in [-0.15, -0.1) is 0 Å². The zero-order valence-corrected chi connectivity index (χ0v) is 9.04. The molecule has 2 N–H and O–H groups in total. The third kappa shape index (κ3) is 3.92. The number of hydrogen-bond donors (Lipinski definition) is 1. The third-order valence-electron chi connectivity index (χ3n) is 1.97. The lowest BCUT2D eigenvalue weighted by atomic mass is 10.3. The first-order chi connectivity index (χ1) is 7.28. The fraction of sp³-hybridized carbons (Fsp3) is 0.556. The Hall–Kier alpha value is -1.53. The lowest BCUT2D eigenvalue weighted by molar-refractivity contribution is -0.132. The van der Waals surface area contributed by atoms with Gasteiger partial charge in [0.05, 0.1) is 6.42 Å². The van der Waals surface area contributed by atoms with Crippen LogP contribution in [0.4, 0.5) is 24.8 Å². The molecule has 0 aliphatic rings. The molecule has 0 aromatic carbocycles. The van der Waals surface area contributed by atoms with Gasteiger partial charge in [-0.25, -0.2) is 9.97 Å². The molecule has 0 aliphatic carbocycles. The molecule has 1 rings (SSSR count). The van der Waals surface area contributed by atoms with Crippen molar-refractivity contribution < 1.29 is 13.2 Å².